The van der Waals surface area contributed by atoms with Crippen molar-refractivity contribution in [1.82, 2.24) is 4.90 Å². The summed E-state index contributed by atoms with van der Waals surface area (Å²) in [5.41, 5.74) is 2.36. The van der Waals surface area contributed by atoms with E-state index >= 15 is 0 Å². The van der Waals surface area contributed by atoms with Crippen LogP contribution < -0.4 is 0 Å². The molecule has 0 saturated carbocycles. The van der Waals surface area contributed by atoms with Crippen LogP contribution in [0.2, 0.25) is 0 Å². The van der Waals surface area contributed by atoms with Crippen molar-refractivity contribution in [3.05, 3.63) is 36.1 Å². The Bertz CT molecular complexity index is 391. The van der Waals surface area contributed by atoms with Gasteiger partial charge in [0.15, 0.2) is 0 Å². The minimum absolute atomic E-state index is 0.223. The molecule has 2 atom stereocenters. The highest BCUT2D eigenvalue weighted by atomic mass is 31.1. The zero-order chi connectivity index (χ0) is 13.8. The van der Waals surface area contributed by atoms with Gasteiger partial charge in [-0.05, 0) is 24.7 Å². The summed E-state index contributed by atoms with van der Waals surface area (Å²) >= 11 is 0. The molecule has 1 spiro atoms. The van der Waals surface area contributed by atoms with Crippen molar-refractivity contribution in [3.8, 4) is 0 Å². The lowest BCUT2D eigenvalue weighted by atomic mass is 10.0. The van der Waals surface area contributed by atoms with E-state index in [1.165, 1.54) is 11.7 Å². The Kier molecular flexibility index (Phi) is 5.34. The van der Waals surface area contributed by atoms with Gasteiger partial charge in [0.25, 0.3) is 0 Å². The van der Waals surface area contributed by atoms with Crippen molar-refractivity contribution in [2.45, 2.75) is 39.3 Å². The molecule has 0 radical (unpaired) electrons. The molecule has 2 aliphatic heterocycles. The van der Waals surface area contributed by atoms with Gasteiger partial charge in [-0.25, -0.2) is 0 Å². The molecule has 0 N–H and O–H groups in total. The number of carbonyl (C=O) groups excluding carboxylic acids is 1. The highest BCUT2D eigenvalue weighted by molar-refractivity contribution is 7.49. The maximum Gasteiger partial charge on any atom is 0.226 e. The molecule has 2 aliphatic rings. The first-order valence-corrected chi connectivity index (χ1v) is 7.94. The molecule has 0 aliphatic carbocycles. The topological polar surface area (TPSA) is 20.3 Å². The molecule has 0 aromatic rings. The van der Waals surface area contributed by atoms with Crippen molar-refractivity contribution in [1.29, 1.82) is 0 Å². The van der Waals surface area contributed by atoms with Crippen LogP contribution in [-0.4, -0.2) is 28.7 Å². The van der Waals surface area contributed by atoms with Crippen LogP contribution in [0.5, 0.6) is 0 Å². The summed E-state index contributed by atoms with van der Waals surface area (Å²) in [5, 5.41) is 0.279. The minimum Gasteiger partial charge on any atom is -0.311 e. The Hall–Kier alpha value is -0.880. The number of carbonyl (C=O) groups is 1. The Labute approximate surface area is 113 Å². The fourth-order valence-electron chi connectivity index (χ4n) is 2.29. The van der Waals surface area contributed by atoms with Crippen molar-refractivity contribution in [2.24, 2.45) is 0 Å². The first-order valence-electron chi connectivity index (χ1n) is 6.74. The number of rotatable bonds is 3. The van der Waals surface area contributed by atoms with Gasteiger partial charge in [0, 0.05) is 23.8 Å². The van der Waals surface area contributed by atoms with Gasteiger partial charge in [0.2, 0.25) is 5.91 Å². The Morgan fingerprint density at radius 2 is 2.17 bits per heavy atom. The van der Waals surface area contributed by atoms with Crippen LogP contribution in [0.15, 0.2) is 36.1 Å². The SMILES string of the molecule is C=CC1=C(/C=C\C)N(C(=O)CC)CC12CP2.CC. The van der Waals surface area contributed by atoms with E-state index in [9.17, 15) is 4.79 Å². The predicted octanol–water partition coefficient (Wildman–Crippen LogP) is 3.71. The van der Waals surface area contributed by atoms with Crippen LogP contribution in [-0.2, 0) is 4.79 Å². The van der Waals surface area contributed by atoms with E-state index in [2.05, 4.69) is 6.58 Å². The Morgan fingerprint density at radius 3 is 2.56 bits per heavy atom. The summed E-state index contributed by atoms with van der Waals surface area (Å²) < 4.78 is 0. The fraction of sp³-hybridized carbons (Fsp3) is 0.533. The smallest absolute Gasteiger partial charge is 0.226 e. The number of allylic oxidation sites excluding steroid dienone is 3. The van der Waals surface area contributed by atoms with E-state index in [0.29, 0.717) is 6.42 Å². The molecule has 2 nitrogen and oxygen atoms in total. The quantitative estimate of drug-likeness (QED) is 0.712. The molecular weight excluding hydrogens is 241 g/mol. The largest absolute Gasteiger partial charge is 0.311 e. The number of hydrogen-bond donors (Lipinski definition) is 0. The van der Waals surface area contributed by atoms with Gasteiger partial charge in [-0.1, -0.05) is 39.5 Å². The molecule has 1 saturated heterocycles. The Balaban J connectivity index is 0.000000771. The van der Waals surface area contributed by atoms with Gasteiger partial charge < -0.3 is 4.90 Å². The zero-order valence-corrected chi connectivity index (χ0v) is 12.9. The molecular formula is C15H24NOP. The lowest BCUT2D eigenvalue weighted by Gasteiger charge is -2.18. The molecule has 2 heterocycles. The highest BCUT2D eigenvalue weighted by Crippen LogP contribution is 2.61. The normalized spacial score (nSPS) is 26.8. The van der Waals surface area contributed by atoms with Crippen LogP contribution in [0.25, 0.3) is 0 Å². The molecule has 2 rings (SSSR count). The molecule has 0 aromatic carbocycles. The summed E-state index contributed by atoms with van der Waals surface area (Å²) in [6.07, 6.45) is 7.78. The number of amides is 1. The molecule has 18 heavy (non-hydrogen) atoms. The van der Waals surface area contributed by atoms with E-state index in [1.54, 1.807) is 0 Å². The molecule has 3 heteroatoms. The first-order chi connectivity index (χ1) is 8.68. The van der Waals surface area contributed by atoms with Gasteiger partial charge in [-0.2, -0.15) is 0 Å². The van der Waals surface area contributed by atoms with Gasteiger partial charge in [-0.3, -0.25) is 4.79 Å². The minimum atomic E-state index is 0.223. The summed E-state index contributed by atoms with van der Waals surface area (Å²) in [6.45, 7) is 12.7. The van der Waals surface area contributed by atoms with E-state index in [4.69, 9.17) is 0 Å². The average Bonchev–Trinajstić information content (AvgIpc) is 3.10. The van der Waals surface area contributed by atoms with E-state index < -0.39 is 0 Å². The second kappa shape index (κ2) is 6.33. The van der Waals surface area contributed by atoms with Gasteiger partial charge in [-0.15, -0.1) is 8.58 Å². The van der Waals surface area contributed by atoms with Crippen LogP contribution in [0, 0.1) is 0 Å². The third kappa shape index (κ3) is 2.59. The van der Waals surface area contributed by atoms with Crippen molar-refractivity contribution < 1.29 is 4.79 Å². The van der Waals surface area contributed by atoms with Crippen LogP contribution >= 0.6 is 8.58 Å². The second-order valence-corrected chi connectivity index (χ2v) is 5.94. The zero-order valence-electron chi connectivity index (χ0n) is 11.9. The third-order valence-corrected chi connectivity index (χ3v) is 4.88. The molecule has 0 bridgehead atoms. The van der Waals surface area contributed by atoms with Crippen LogP contribution in [0.4, 0.5) is 0 Å². The maximum atomic E-state index is 11.9. The fourth-order valence-corrected chi connectivity index (χ4v) is 3.50. The predicted molar refractivity (Wildman–Crippen MR) is 81.3 cm³/mol. The lowest BCUT2D eigenvalue weighted by Crippen LogP contribution is -2.30. The summed E-state index contributed by atoms with van der Waals surface area (Å²) in [7, 11) is 0.958. The monoisotopic (exact) mass is 265 g/mol. The molecule has 1 amide bonds. The van der Waals surface area contributed by atoms with Crippen molar-refractivity contribution >= 4 is 14.5 Å². The average molecular weight is 265 g/mol. The van der Waals surface area contributed by atoms with Gasteiger partial charge in [0.1, 0.15) is 0 Å². The summed E-state index contributed by atoms with van der Waals surface area (Å²) in [6, 6.07) is 0. The van der Waals surface area contributed by atoms with Crippen molar-refractivity contribution in [2.75, 3.05) is 12.7 Å². The van der Waals surface area contributed by atoms with Crippen molar-refractivity contribution in [3.63, 3.8) is 0 Å². The number of nitrogens with zero attached hydrogens (tertiary/aromatic N) is 1. The van der Waals surface area contributed by atoms with E-state index in [0.717, 1.165) is 20.8 Å². The van der Waals surface area contributed by atoms with Gasteiger partial charge >= 0.3 is 0 Å². The molecule has 1 fully saturated rings. The second-order valence-electron chi connectivity index (χ2n) is 4.27. The van der Waals surface area contributed by atoms with Gasteiger partial charge in [0.05, 0.1) is 0 Å². The maximum absolute atomic E-state index is 11.9. The standard InChI is InChI=1S/C13H18NOP.C2H6/c1-4-7-11-10(5-2)13(9-16-13)8-14(11)12(15)6-3;1-2/h4-5,7,16H,2,6,8-9H2,1,3H3;1-2H3/b7-4-;. The number of hydrogen-bond acceptors (Lipinski definition) is 1. The first kappa shape index (κ1) is 15.2. The highest BCUT2D eigenvalue weighted by Gasteiger charge is 2.52. The van der Waals surface area contributed by atoms with E-state index in [1.807, 2.05) is 50.8 Å². The summed E-state index contributed by atoms with van der Waals surface area (Å²) in [5.74, 6) is 0.223. The van der Waals surface area contributed by atoms with Crippen LogP contribution in [0.3, 0.4) is 0 Å². The lowest BCUT2D eigenvalue weighted by molar-refractivity contribution is -0.128. The molecule has 0 aromatic heterocycles. The molecule has 100 valence electrons. The van der Waals surface area contributed by atoms with E-state index in [-0.39, 0.29) is 11.1 Å². The Morgan fingerprint density at radius 1 is 1.56 bits per heavy atom. The van der Waals surface area contributed by atoms with Crippen LogP contribution in [0.1, 0.15) is 34.1 Å². The summed E-state index contributed by atoms with van der Waals surface area (Å²) in [4.78, 5) is 13.8. The third-order valence-electron chi connectivity index (χ3n) is 3.25. The molecule has 2 unspecified atom stereocenters.